The van der Waals surface area contributed by atoms with Gasteiger partial charge in [-0.05, 0) is 37.3 Å². The lowest BCUT2D eigenvalue weighted by Gasteiger charge is -2.35. The van der Waals surface area contributed by atoms with E-state index in [2.05, 4.69) is 20.7 Å². The molecule has 1 aromatic heterocycles. The molecule has 0 radical (unpaired) electrons. The summed E-state index contributed by atoms with van der Waals surface area (Å²) in [7, 11) is -3.34. The maximum Gasteiger partial charge on any atom is 0.250 e. The molecule has 1 aliphatic rings. The molecule has 0 unspecified atom stereocenters. The lowest BCUT2D eigenvalue weighted by Crippen LogP contribution is -2.39. The van der Waals surface area contributed by atoms with Gasteiger partial charge < -0.3 is 0 Å². The van der Waals surface area contributed by atoms with Crippen molar-refractivity contribution in [2.75, 3.05) is 11.9 Å². The lowest BCUT2D eigenvalue weighted by atomic mass is 9.76. The SMILES string of the molecule is Cc1ccc(S(=O)(=O)NCC2(CBr)CCCCC2)s1. The van der Waals surface area contributed by atoms with Crippen LogP contribution in [0.15, 0.2) is 16.3 Å². The second-order valence-corrected chi connectivity index (χ2v) is 9.23. The molecule has 0 aromatic carbocycles. The minimum absolute atomic E-state index is 0.0949. The molecular weight excluding hydrogens is 346 g/mol. The van der Waals surface area contributed by atoms with Crippen LogP contribution in [0.2, 0.25) is 0 Å². The first kappa shape index (κ1) is 15.5. The van der Waals surface area contributed by atoms with Crippen LogP contribution in [0.25, 0.3) is 0 Å². The van der Waals surface area contributed by atoms with Crippen molar-refractivity contribution in [1.82, 2.24) is 4.72 Å². The molecule has 1 aliphatic carbocycles. The van der Waals surface area contributed by atoms with E-state index >= 15 is 0 Å². The summed E-state index contributed by atoms with van der Waals surface area (Å²) in [6.07, 6.45) is 5.87. The predicted octanol–water partition coefficient (Wildman–Crippen LogP) is 3.68. The average molecular weight is 366 g/mol. The summed E-state index contributed by atoms with van der Waals surface area (Å²) in [6.45, 7) is 2.46. The van der Waals surface area contributed by atoms with E-state index in [9.17, 15) is 8.42 Å². The zero-order valence-electron chi connectivity index (χ0n) is 11.1. The number of thiophene rings is 1. The second kappa shape index (κ2) is 6.24. The van der Waals surface area contributed by atoms with Crippen molar-refractivity contribution in [2.45, 2.75) is 43.2 Å². The Bertz CT molecular complexity index is 519. The Morgan fingerprint density at radius 1 is 1.32 bits per heavy atom. The van der Waals surface area contributed by atoms with E-state index in [4.69, 9.17) is 0 Å². The molecule has 19 heavy (non-hydrogen) atoms. The minimum atomic E-state index is -3.34. The maximum atomic E-state index is 12.2. The Morgan fingerprint density at radius 3 is 2.53 bits per heavy atom. The molecule has 6 heteroatoms. The van der Waals surface area contributed by atoms with Gasteiger partial charge in [-0.1, -0.05) is 35.2 Å². The van der Waals surface area contributed by atoms with Crippen LogP contribution in [0.1, 0.15) is 37.0 Å². The van der Waals surface area contributed by atoms with Gasteiger partial charge >= 0.3 is 0 Å². The van der Waals surface area contributed by atoms with Gasteiger partial charge in [-0.15, -0.1) is 11.3 Å². The monoisotopic (exact) mass is 365 g/mol. The van der Waals surface area contributed by atoms with E-state index in [1.807, 2.05) is 13.0 Å². The molecular formula is C13H20BrNO2S2. The van der Waals surface area contributed by atoms with Crippen LogP contribution in [0.3, 0.4) is 0 Å². The van der Waals surface area contributed by atoms with Gasteiger partial charge in [-0.3, -0.25) is 0 Å². The van der Waals surface area contributed by atoms with E-state index in [1.54, 1.807) is 6.07 Å². The Kier molecular flexibility index (Phi) is 5.09. The van der Waals surface area contributed by atoms with Gasteiger partial charge in [0.25, 0.3) is 0 Å². The number of nitrogens with one attached hydrogen (secondary N) is 1. The third-order valence-electron chi connectivity index (χ3n) is 3.82. The van der Waals surface area contributed by atoms with E-state index in [0.717, 1.165) is 23.0 Å². The molecule has 0 atom stereocenters. The van der Waals surface area contributed by atoms with Gasteiger partial charge in [-0.2, -0.15) is 0 Å². The summed E-state index contributed by atoms with van der Waals surface area (Å²) in [5.41, 5.74) is 0.0949. The highest BCUT2D eigenvalue weighted by Crippen LogP contribution is 2.37. The van der Waals surface area contributed by atoms with Gasteiger partial charge in [0.15, 0.2) is 0 Å². The van der Waals surface area contributed by atoms with Crippen molar-refractivity contribution < 1.29 is 8.42 Å². The molecule has 108 valence electrons. The maximum absolute atomic E-state index is 12.2. The Labute approximate surface area is 128 Å². The van der Waals surface area contributed by atoms with Gasteiger partial charge in [-0.25, -0.2) is 13.1 Å². The van der Waals surface area contributed by atoms with E-state index in [-0.39, 0.29) is 5.41 Å². The van der Waals surface area contributed by atoms with Crippen LogP contribution < -0.4 is 4.72 Å². The zero-order valence-corrected chi connectivity index (χ0v) is 14.3. The largest absolute Gasteiger partial charge is 0.250 e. The fourth-order valence-corrected chi connectivity index (χ4v) is 5.78. The Balaban J connectivity index is 2.04. The summed E-state index contributed by atoms with van der Waals surface area (Å²) >= 11 is 4.89. The normalized spacial score (nSPS) is 19.5. The molecule has 1 fully saturated rings. The molecule has 1 heterocycles. The molecule has 2 rings (SSSR count). The third kappa shape index (κ3) is 3.80. The van der Waals surface area contributed by atoms with Crippen molar-refractivity contribution >= 4 is 37.3 Å². The summed E-state index contributed by atoms with van der Waals surface area (Å²) in [5.74, 6) is 0. The summed E-state index contributed by atoms with van der Waals surface area (Å²) in [4.78, 5) is 1.02. The topological polar surface area (TPSA) is 46.2 Å². The Morgan fingerprint density at radius 2 is 2.00 bits per heavy atom. The molecule has 3 nitrogen and oxygen atoms in total. The van der Waals surface area contributed by atoms with Crippen LogP contribution in [-0.2, 0) is 10.0 Å². The number of halogens is 1. The Hall–Kier alpha value is 0.0900. The third-order valence-corrected chi connectivity index (χ3v) is 7.90. The van der Waals surface area contributed by atoms with Crippen LogP contribution in [-0.4, -0.2) is 20.3 Å². The fraction of sp³-hybridized carbons (Fsp3) is 0.692. The van der Waals surface area contributed by atoms with Crippen molar-refractivity contribution in [3.8, 4) is 0 Å². The quantitative estimate of drug-likeness (QED) is 0.808. The van der Waals surface area contributed by atoms with Crippen molar-refractivity contribution in [1.29, 1.82) is 0 Å². The van der Waals surface area contributed by atoms with Gasteiger partial charge in [0.1, 0.15) is 4.21 Å². The highest BCUT2D eigenvalue weighted by atomic mass is 79.9. The number of aryl methyl sites for hydroxylation is 1. The highest BCUT2D eigenvalue weighted by Gasteiger charge is 2.32. The van der Waals surface area contributed by atoms with Gasteiger partial charge in [0.2, 0.25) is 10.0 Å². The minimum Gasteiger partial charge on any atom is -0.210 e. The fourth-order valence-electron chi connectivity index (χ4n) is 2.54. The summed E-state index contributed by atoms with van der Waals surface area (Å²) in [5, 5.41) is 0.867. The number of alkyl halides is 1. The van der Waals surface area contributed by atoms with E-state index < -0.39 is 10.0 Å². The van der Waals surface area contributed by atoms with Crippen LogP contribution in [0, 0.1) is 12.3 Å². The van der Waals surface area contributed by atoms with Crippen LogP contribution in [0.5, 0.6) is 0 Å². The summed E-state index contributed by atoms with van der Waals surface area (Å²) < 4.78 is 27.7. The average Bonchev–Trinajstić information content (AvgIpc) is 2.85. The molecule has 1 aromatic rings. The number of hydrogen-bond donors (Lipinski definition) is 1. The molecule has 0 amide bonds. The first-order valence-corrected chi connectivity index (χ1v) is 10.0. The van der Waals surface area contributed by atoms with Gasteiger partial charge in [0.05, 0.1) is 0 Å². The molecule has 1 N–H and O–H groups in total. The predicted molar refractivity (Wildman–Crippen MR) is 83.6 cm³/mol. The number of rotatable bonds is 5. The molecule has 0 aliphatic heterocycles. The first-order valence-electron chi connectivity index (χ1n) is 6.60. The number of hydrogen-bond acceptors (Lipinski definition) is 3. The second-order valence-electron chi connectivity index (χ2n) is 5.38. The number of sulfonamides is 1. The smallest absolute Gasteiger partial charge is 0.210 e. The van der Waals surface area contributed by atoms with E-state index in [0.29, 0.717) is 10.8 Å². The lowest BCUT2D eigenvalue weighted by molar-refractivity contribution is 0.227. The van der Waals surface area contributed by atoms with E-state index in [1.165, 1.54) is 30.6 Å². The molecule has 0 spiro atoms. The molecule has 0 bridgehead atoms. The van der Waals surface area contributed by atoms with Crippen molar-refractivity contribution in [3.63, 3.8) is 0 Å². The van der Waals surface area contributed by atoms with Crippen LogP contribution in [0.4, 0.5) is 0 Å². The zero-order chi connectivity index (χ0) is 13.9. The highest BCUT2D eigenvalue weighted by molar-refractivity contribution is 9.09. The van der Waals surface area contributed by atoms with Crippen molar-refractivity contribution in [3.05, 3.63) is 17.0 Å². The van der Waals surface area contributed by atoms with Gasteiger partial charge in [0, 0.05) is 16.8 Å². The first-order chi connectivity index (χ1) is 8.97. The summed E-state index contributed by atoms with van der Waals surface area (Å²) in [6, 6.07) is 3.53. The van der Waals surface area contributed by atoms with Crippen LogP contribution >= 0.6 is 27.3 Å². The molecule has 0 saturated heterocycles. The molecule has 1 saturated carbocycles. The van der Waals surface area contributed by atoms with Crippen molar-refractivity contribution in [2.24, 2.45) is 5.41 Å². The standard InChI is InChI=1S/C13H20BrNO2S2/c1-11-5-6-12(18-11)19(16,17)15-10-13(9-14)7-3-2-4-8-13/h5-6,15H,2-4,7-10H2,1H3.